The lowest BCUT2D eigenvalue weighted by Gasteiger charge is -2.24. The van der Waals surface area contributed by atoms with Crippen molar-refractivity contribution in [2.24, 2.45) is 27.9 Å². The van der Waals surface area contributed by atoms with Crippen LogP contribution >= 0.6 is 0 Å². The van der Waals surface area contributed by atoms with Gasteiger partial charge in [0.25, 0.3) is 5.91 Å². The molecule has 1 atom stereocenters. The van der Waals surface area contributed by atoms with E-state index in [1.807, 2.05) is 0 Å². The van der Waals surface area contributed by atoms with Crippen LogP contribution in [0.1, 0.15) is 0 Å². The Morgan fingerprint density at radius 3 is 2.35 bits per heavy atom. The summed E-state index contributed by atoms with van der Waals surface area (Å²) in [7, 11) is 0. The van der Waals surface area contributed by atoms with Crippen LogP contribution in [0, 0.1) is 0 Å². The number of carbonyl (C=O) groups is 2. The molecule has 0 aliphatic carbocycles. The van der Waals surface area contributed by atoms with Crippen LogP contribution in [-0.2, 0) is 9.59 Å². The van der Waals surface area contributed by atoms with Gasteiger partial charge in [0.15, 0.2) is 11.7 Å². The molecule has 20 heavy (non-hydrogen) atoms. The van der Waals surface area contributed by atoms with E-state index in [1.54, 1.807) is 0 Å². The molecule has 0 aromatic carbocycles. The van der Waals surface area contributed by atoms with Crippen molar-refractivity contribution < 1.29 is 9.59 Å². The molecule has 0 bridgehead atoms. The first-order valence-electron chi connectivity index (χ1n) is 6.07. The van der Waals surface area contributed by atoms with Crippen LogP contribution in [0.4, 0.5) is 0 Å². The number of nitrogens with two attached hydrogens (primary N) is 4. The number of aliphatic imine (C=N–C) groups is 1. The SMILES string of the molecule is NCCNC(=O)C1=C(N)NC(C(=O)NCCN)C(N)=N1. The van der Waals surface area contributed by atoms with Crippen LogP contribution in [0.3, 0.4) is 0 Å². The largest absolute Gasteiger partial charge is 0.385 e. The molecule has 1 aliphatic heterocycles. The second kappa shape index (κ2) is 7.31. The minimum absolute atomic E-state index is 0.0263. The topological polar surface area (TPSA) is 187 Å². The highest BCUT2D eigenvalue weighted by Gasteiger charge is 2.29. The Bertz CT molecular complexity index is 445. The molecular weight excluding hydrogens is 264 g/mol. The van der Waals surface area contributed by atoms with Gasteiger partial charge in [0.2, 0.25) is 5.91 Å². The van der Waals surface area contributed by atoms with E-state index in [9.17, 15) is 9.59 Å². The Morgan fingerprint density at radius 1 is 1.15 bits per heavy atom. The van der Waals surface area contributed by atoms with Gasteiger partial charge in [-0.3, -0.25) is 9.59 Å². The minimum Gasteiger partial charge on any atom is -0.385 e. The highest BCUT2D eigenvalue weighted by molar-refractivity contribution is 6.10. The van der Waals surface area contributed by atoms with Crippen molar-refractivity contribution in [3.05, 3.63) is 11.5 Å². The highest BCUT2D eigenvalue weighted by Crippen LogP contribution is 2.07. The van der Waals surface area contributed by atoms with Gasteiger partial charge in [-0.25, -0.2) is 4.99 Å². The van der Waals surface area contributed by atoms with Crippen LogP contribution in [0.25, 0.3) is 0 Å². The van der Waals surface area contributed by atoms with Gasteiger partial charge < -0.3 is 38.9 Å². The third-order valence-electron chi connectivity index (χ3n) is 2.44. The molecule has 0 spiro atoms. The third-order valence-corrected chi connectivity index (χ3v) is 2.44. The molecule has 0 aromatic heterocycles. The van der Waals surface area contributed by atoms with E-state index >= 15 is 0 Å². The molecule has 1 aliphatic rings. The summed E-state index contributed by atoms with van der Waals surface area (Å²) < 4.78 is 0. The predicted octanol–water partition coefficient (Wildman–Crippen LogP) is -4.41. The minimum atomic E-state index is -0.924. The number of amides is 2. The van der Waals surface area contributed by atoms with Gasteiger partial charge in [0.05, 0.1) is 0 Å². The smallest absolute Gasteiger partial charge is 0.273 e. The normalized spacial score (nSPS) is 18.1. The van der Waals surface area contributed by atoms with Crippen molar-refractivity contribution in [3.63, 3.8) is 0 Å². The Labute approximate surface area is 116 Å². The van der Waals surface area contributed by atoms with Gasteiger partial charge in [-0.2, -0.15) is 0 Å². The van der Waals surface area contributed by atoms with E-state index in [2.05, 4.69) is 20.9 Å². The first-order chi connectivity index (χ1) is 9.51. The highest BCUT2D eigenvalue weighted by atomic mass is 16.2. The molecule has 112 valence electrons. The summed E-state index contributed by atoms with van der Waals surface area (Å²) in [5.74, 6) is -1.00. The molecule has 0 fully saturated rings. The number of nitrogens with one attached hydrogen (secondary N) is 3. The maximum absolute atomic E-state index is 11.8. The number of nitrogens with zero attached hydrogens (tertiary/aromatic N) is 1. The molecule has 10 nitrogen and oxygen atoms in total. The van der Waals surface area contributed by atoms with Gasteiger partial charge in [-0.1, -0.05) is 0 Å². The van der Waals surface area contributed by atoms with E-state index in [1.165, 1.54) is 0 Å². The zero-order valence-corrected chi connectivity index (χ0v) is 11.0. The number of amidine groups is 1. The lowest BCUT2D eigenvalue weighted by molar-refractivity contribution is -0.121. The molecule has 0 saturated heterocycles. The van der Waals surface area contributed by atoms with Crippen LogP contribution < -0.4 is 38.9 Å². The molecule has 0 aromatic rings. The average molecular weight is 284 g/mol. The third kappa shape index (κ3) is 3.83. The van der Waals surface area contributed by atoms with Crippen molar-refractivity contribution >= 4 is 17.6 Å². The number of hydrogen-bond donors (Lipinski definition) is 7. The molecule has 1 unspecified atom stereocenters. The second-order valence-corrected chi connectivity index (χ2v) is 4.00. The first-order valence-corrected chi connectivity index (χ1v) is 6.07. The molecule has 1 heterocycles. The Kier molecular flexibility index (Phi) is 5.74. The quantitative estimate of drug-likeness (QED) is 0.256. The monoisotopic (exact) mass is 284 g/mol. The van der Waals surface area contributed by atoms with E-state index in [0.717, 1.165) is 0 Å². The van der Waals surface area contributed by atoms with Gasteiger partial charge in [-0.05, 0) is 0 Å². The molecule has 0 radical (unpaired) electrons. The fourth-order valence-corrected chi connectivity index (χ4v) is 1.49. The summed E-state index contributed by atoms with van der Waals surface area (Å²) >= 11 is 0. The molecular formula is C10H20N8O2. The van der Waals surface area contributed by atoms with E-state index < -0.39 is 17.9 Å². The van der Waals surface area contributed by atoms with E-state index in [4.69, 9.17) is 22.9 Å². The van der Waals surface area contributed by atoms with Gasteiger partial charge in [-0.15, -0.1) is 0 Å². The van der Waals surface area contributed by atoms with Crippen molar-refractivity contribution in [3.8, 4) is 0 Å². The van der Waals surface area contributed by atoms with Crippen molar-refractivity contribution in [1.29, 1.82) is 0 Å². The van der Waals surface area contributed by atoms with Crippen molar-refractivity contribution in [2.75, 3.05) is 26.2 Å². The van der Waals surface area contributed by atoms with Crippen LogP contribution in [-0.4, -0.2) is 49.9 Å². The number of hydrogen-bond acceptors (Lipinski definition) is 8. The second-order valence-electron chi connectivity index (χ2n) is 4.00. The van der Waals surface area contributed by atoms with Crippen LogP contribution in [0.5, 0.6) is 0 Å². The Hall–Kier alpha value is -2.33. The molecule has 1 rings (SSSR count). The fraction of sp³-hybridized carbons (Fsp3) is 0.500. The summed E-state index contributed by atoms with van der Waals surface area (Å²) in [6.07, 6.45) is 0. The average Bonchev–Trinajstić information content (AvgIpc) is 2.44. The molecule has 10 heteroatoms. The summed E-state index contributed by atoms with van der Waals surface area (Å²) in [6, 6.07) is -0.924. The number of rotatable bonds is 6. The molecule has 11 N–H and O–H groups in total. The van der Waals surface area contributed by atoms with Gasteiger partial charge in [0, 0.05) is 26.2 Å². The summed E-state index contributed by atoms with van der Waals surface area (Å²) in [6.45, 7) is 1.17. The zero-order chi connectivity index (χ0) is 15.1. The van der Waals surface area contributed by atoms with Crippen molar-refractivity contribution in [1.82, 2.24) is 16.0 Å². The summed E-state index contributed by atoms with van der Waals surface area (Å²) in [5, 5.41) is 7.70. The Morgan fingerprint density at radius 2 is 1.75 bits per heavy atom. The summed E-state index contributed by atoms with van der Waals surface area (Å²) in [4.78, 5) is 27.4. The molecule has 2 amide bonds. The van der Waals surface area contributed by atoms with Crippen LogP contribution in [0.15, 0.2) is 16.5 Å². The predicted molar refractivity (Wildman–Crippen MR) is 73.9 cm³/mol. The fourth-order valence-electron chi connectivity index (χ4n) is 1.49. The van der Waals surface area contributed by atoms with Gasteiger partial charge >= 0.3 is 0 Å². The van der Waals surface area contributed by atoms with Crippen molar-refractivity contribution in [2.45, 2.75) is 6.04 Å². The van der Waals surface area contributed by atoms with Gasteiger partial charge in [0.1, 0.15) is 11.7 Å². The first kappa shape index (κ1) is 15.7. The maximum Gasteiger partial charge on any atom is 0.273 e. The summed E-state index contributed by atoms with van der Waals surface area (Å²) in [5.41, 5.74) is 21.8. The zero-order valence-electron chi connectivity index (χ0n) is 11.0. The number of carbonyl (C=O) groups excluding carboxylic acids is 2. The Balaban J connectivity index is 2.76. The maximum atomic E-state index is 11.8. The van der Waals surface area contributed by atoms with Crippen LogP contribution in [0.2, 0.25) is 0 Å². The lowest BCUT2D eigenvalue weighted by atomic mass is 10.2. The standard InChI is InChI=1S/C10H20N8O2/c11-1-3-15-9(19)5-7(13)18-6(8(14)17-5)10(20)16-4-2-12/h5,17H,1-4,11-12,14H2,(H2,13,18)(H,15,19)(H,16,20). The molecule has 0 saturated carbocycles. The van der Waals surface area contributed by atoms with E-state index in [-0.39, 0.29) is 30.4 Å². The lowest BCUT2D eigenvalue weighted by Crippen LogP contribution is -2.56. The van der Waals surface area contributed by atoms with E-state index in [0.29, 0.717) is 13.1 Å².